The zero-order chi connectivity index (χ0) is 9.52. The molecule has 0 aromatic carbocycles. The van der Waals surface area contributed by atoms with Crippen molar-refractivity contribution in [2.75, 3.05) is 0 Å². The molecule has 0 N–H and O–H groups in total. The maximum Gasteiger partial charge on any atom is 0.0624 e. The number of hydrogen-bond acceptors (Lipinski definition) is 1. The van der Waals surface area contributed by atoms with Gasteiger partial charge in [0, 0.05) is 6.42 Å². The van der Waals surface area contributed by atoms with Crippen molar-refractivity contribution in [3.63, 3.8) is 0 Å². The summed E-state index contributed by atoms with van der Waals surface area (Å²) < 4.78 is 0. The first kappa shape index (κ1) is 10.6. The standard InChI is InChI=1S/C12H21N/c1-2-3-4-11-5-7-12(8-6-11)9-10-13/h11-12H,2-9H2,1H3/t11-,12-. The maximum atomic E-state index is 8.58. The summed E-state index contributed by atoms with van der Waals surface area (Å²) in [6.07, 6.45) is 10.3. The average molecular weight is 179 g/mol. The summed E-state index contributed by atoms with van der Waals surface area (Å²) in [6, 6.07) is 2.30. The molecule has 0 aliphatic heterocycles. The molecule has 0 radical (unpaired) electrons. The Morgan fingerprint density at radius 2 is 1.77 bits per heavy atom. The van der Waals surface area contributed by atoms with Gasteiger partial charge in [0.25, 0.3) is 0 Å². The summed E-state index contributed by atoms with van der Waals surface area (Å²) in [5, 5.41) is 8.58. The average Bonchev–Trinajstić information content (AvgIpc) is 2.17. The highest BCUT2D eigenvalue weighted by atomic mass is 14.3. The SMILES string of the molecule is CCCC[C@H]1CC[C@H](CC#N)CC1. The molecule has 0 saturated heterocycles. The molecular weight excluding hydrogens is 158 g/mol. The molecule has 0 atom stereocenters. The van der Waals surface area contributed by atoms with E-state index in [2.05, 4.69) is 13.0 Å². The number of nitriles is 1. The van der Waals surface area contributed by atoms with Crippen molar-refractivity contribution in [2.24, 2.45) is 11.8 Å². The first-order valence-electron chi connectivity index (χ1n) is 5.73. The fourth-order valence-corrected chi connectivity index (χ4v) is 2.35. The number of nitrogens with zero attached hydrogens (tertiary/aromatic N) is 1. The lowest BCUT2D eigenvalue weighted by Gasteiger charge is -2.26. The first-order chi connectivity index (χ1) is 6.36. The third kappa shape index (κ3) is 3.81. The molecule has 0 bridgehead atoms. The molecule has 0 unspecified atom stereocenters. The second-order valence-electron chi connectivity index (χ2n) is 4.39. The van der Waals surface area contributed by atoms with Crippen LogP contribution in [0.3, 0.4) is 0 Å². The van der Waals surface area contributed by atoms with E-state index in [1.807, 2.05) is 0 Å². The largest absolute Gasteiger partial charge is 0.198 e. The normalized spacial score (nSPS) is 28.3. The van der Waals surface area contributed by atoms with Gasteiger partial charge in [-0.15, -0.1) is 0 Å². The zero-order valence-electron chi connectivity index (χ0n) is 8.76. The van der Waals surface area contributed by atoms with Crippen molar-refractivity contribution >= 4 is 0 Å². The number of rotatable bonds is 4. The van der Waals surface area contributed by atoms with Crippen LogP contribution in [0.25, 0.3) is 0 Å². The van der Waals surface area contributed by atoms with Gasteiger partial charge in [-0.05, 0) is 24.7 Å². The summed E-state index contributed by atoms with van der Waals surface area (Å²) in [6.45, 7) is 2.27. The molecule has 0 heterocycles. The van der Waals surface area contributed by atoms with E-state index in [9.17, 15) is 0 Å². The van der Waals surface area contributed by atoms with Crippen molar-refractivity contribution in [2.45, 2.75) is 58.3 Å². The fourth-order valence-electron chi connectivity index (χ4n) is 2.35. The molecule has 0 aromatic rings. The molecule has 0 spiro atoms. The molecule has 13 heavy (non-hydrogen) atoms. The Morgan fingerprint density at radius 1 is 1.15 bits per heavy atom. The molecule has 1 heteroatoms. The Bertz CT molecular complexity index is 160. The van der Waals surface area contributed by atoms with Gasteiger partial charge in [0.05, 0.1) is 6.07 Å². The summed E-state index contributed by atoms with van der Waals surface area (Å²) in [5.41, 5.74) is 0. The Balaban J connectivity index is 2.12. The Labute approximate surface area is 82.1 Å². The Kier molecular flexibility index (Phi) is 4.90. The van der Waals surface area contributed by atoms with Crippen LogP contribution in [0.4, 0.5) is 0 Å². The second-order valence-corrected chi connectivity index (χ2v) is 4.39. The van der Waals surface area contributed by atoms with Crippen LogP contribution < -0.4 is 0 Å². The van der Waals surface area contributed by atoms with E-state index in [4.69, 9.17) is 5.26 Å². The molecular formula is C12H21N. The molecule has 1 nitrogen and oxygen atoms in total. The van der Waals surface area contributed by atoms with Crippen LogP contribution in [0.15, 0.2) is 0 Å². The minimum absolute atomic E-state index is 0.725. The lowest BCUT2D eigenvalue weighted by atomic mass is 9.79. The smallest absolute Gasteiger partial charge is 0.0624 e. The van der Waals surface area contributed by atoms with Crippen molar-refractivity contribution in [3.8, 4) is 6.07 Å². The molecule has 1 aliphatic rings. The van der Waals surface area contributed by atoms with Crippen LogP contribution in [0, 0.1) is 23.2 Å². The van der Waals surface area contributed by atoms with Crippen molar-refractivity contribution in [1.29, 1.82) is 5.26 Å². The van der Waals surface area contributed by atoms with E-state index in [-0.39, 0.29) is 0 Å². The third-order valence-electron chi connectivity index (χ3n) is 3.31. The van der Waals surface area contributed by atoms with Crippen molar-refractivity contribution < 1.29 is 0 Å². The van der Waals surface area contributed by atoms with E-state index < -0.39 is 0 Å². The zero-order valence-corrected chi connectivity index (χ0v) is 8.76. The number of unbranched alkanes of at least 4 members (excludes halogenated alkanes) is 1. The van der Waals surface area contributed by atoms with Crippen molar-refractivity contribution in [3.05, 3.63) is 0 Å². The first-order valence-corrected chi connectivity index (χ1v) is 5.73. The van der Waals surface area contributed by atoms with Gasteiger partial charge >= 0.3 is 0 Å². The third-order valence-corrected chi connectivity index (χ3v) is 3.31. The van der Waals surface area contributed by atoms with Crippen LogP contribution in [-0.4, -0.2) is 0 Å². The van der Waals surface area contributed by atoms with Crippen LogP contribution in [0.5, 0.6) is 0 Å². The minimum atomic E-state index is 0.725. The predicted octanol–water partition coefficient (Wildman–Crippen LogP) is 3.90. The molecule has 1 fully saturated rings. The van der Waals surface area contributed by atoms with E-state index in [1.54, 1.807) is 0 Å². The molecule has 0 amide bonds. The lowest BCUT2D eigenvalue weighted by Crippen LogP contribution is -2.14. The van der Waals surface area contributed by atoms with Gasteiger partial charge in [-0.2, -0.15) is 5.26 Å². The molecule has 0 aromatic heterocycles. The van der Waals surface area contributed by atoms with Gasteiger partial charge in [0.2, 0.25) is 0 Å². The van der Waals surface area contributed by atoms with Gasteiger partial charge in [-0.3, -0.25) is 0 Å². The quantitative estimate of drug-likeness (QED) is 0.642. The summed E-state index contributed by atoms with van der Waals surface area (Å²) in [4.78, 5) is 0. The topological polar surface area (TPSA) is 23.8 Å². The highest BCUT2D eigenvalue weighted by Gasteiger charge is 2.19. The molecule has 1 rings (SSSR count). The monoisotopic (exact) mass is 179 g/mol. The predicted molar refractivity (Wildman–Crippen MR) is 55.2 cm³/mol. The Morgan fingerprint density at radius 3 is 2.31 bits per heavy atom. The maximum absolute atomic E-state index is 8.58. The van der Waals surface area contributed by atoms with E-state index in [1.165, 1.54) is 44.9 Å². The van der Waals surface area contributed by atoms with E-state index in [0.717, 1.165) is 18.3 Å². The van der Waals surface area contributed by atoms with Gasteiger partial charge in [-0.1, -0.05) is 39.0 Å². The van der Waals surface area contributed by atoms with Gasteiger partial charge in [0.15, 0.2) is 0 Å². The minimum Gasteiger partial charge on any atom is -0.198 e. The molecule has 74 valence electrons. The molecule has 1 aliphatic carbocycles. The van der Waals surface area contributed by atoms with Crippen LogP contribution >= 0.6 is 0 Å². The summed E-state index contributed by atoms with van der Waals surface area (Å²) in [7, 11) is 0. The van der Waals surface area contributed by atoms with E-state index in [0.29, 0.717) is 0 Å². The highest BCUT2D eigenvalue weighted by molar-refractivity contribution is 4.80. The molecule has 1 saturated carbocycles. The fraction of sp³-hybridized carbons (Fsp3) is 0.917. The Hall–Kier alpha value is -0.510. The van der Waals surface area contributed by atoms with Gasteiger partial charge < -0.3 is 0 Å². The van der Waals surface area contributed by atoms with Crippen LogP contribution in [0.2, 0.25) is 0 Å². The second kappa shape index (κ2) is 6.02. The van der Waals surface area contributed by atoms with Crippen LogP contribution in [-0.2, 0) is 0 Å². The summed E-state index contributed by atoms with van der Waals surface area (Å²) >= 11 is 0. The van der Waals surface area contributed by atoms with Gasteiger partial charge in [-0.25, -0.2) is 0 Å². The van der Waals surface area contributed by atoms with E-state index >= 15 is 0 Å². The summed E-state index contributed by atoms with van der Waals surface area (Å²) in [5.74, 6) is 1.71. The van der Waals surface area contributed by atoms with Gasteiger partial charge in [0.1, 0.15) is 0 Å². The number of hydrogen-bond donors (Lipinski definition) is 0. The highest BCUT2D eigenvalue weighted by Crippen LogP contribution is 2.33. The lowest BCUT2D eigenvalue weighted by molar-refractivity contribution is 0.262. The van der Waals surface area contributed by atoms with Crippen molar-refractivity contribution in [1.82, 2.24) is 0 Å². The van der Waals surface area contributed by atoms with Crippen LogP contribution in [0.1, 0.15) is 58.3 Å².